The standard InChI is InChI=1S/C34H31FN4O4/c1-5-42-33(41)23-12-10-22(11-13-23)32(40)38-29-18-26(15-9-21(29)4)37-34-36-19-24-7-6-8-28(31(24)39-34)27-16-14-25(35)17-30(27)43-20(2)3/h6-20H,5H2,1-4H3,(H,38,40)(H,36,37,39). The molecule has 0 saturated heterocycles. The molecule has 0 radical (unpaired) electrons. The number of para-hydroxylation sites is 1. The molecule has 2 N–H and O–H groups in total. The molecule has 8 nitrogen and oxygen atoms in total. The number of carbonyl (C=O) groups is 2. The Balaban J connectivity index is 1.40. The Morgan fingerprint density at radius 3 is 2.44 bits per heavy atom. The van der Waals surface area contributed by atoms with E-state index in [0.29, 0.717) is 39.7 Å². The number of halogens is 1. The van der Waals surface area contributed by atoms with Crippen LogP contribution in [0, 0.1) is 12.7 Å². The summed E-state index contributed by atoms with van der Waals surface area (Å²) < 4.78 is 25.0. The maximum Gasteiger partial charge on any atom is 0.338 e. The van der Waals surface area contributed by atoms with Gasteiger partial charge in [0, 0.05) is 45.7 Å². The number of hydrogen-bond donors (Lipinski definition) is 2. The highest BCUT2D eigenvalue weighted by Gasteiger charge is 2.15. The van der Waals surface area contributed by atoms with Gasteiger partial charge in [-0.3, -0.25) is 4.79 Å². The Morgan fingerprint density at radius 1 is 0.930 bits per heavy atom. The number of hydrogen-bond acceptors (Lipinski definition) is 7. The van der Waals surface area contributed by atoms with E-state index >= 15 is 0 Å². The number of ether oxygens (including phenoxy) is 2. The predicted molar refractivity (Wildman–Crippen MR) is 166 cm³/mol. The Morgan fingerprint density at radius 2 is 1.70 bits per heavy atom. The Kier molecular flexibility index (Phi) is 8.61. The van der Waals surface area contributed by atoms with Gasteiger partial charge in [0.15, 0.2) is 0 Å². The molecule has 5 aromatic rings. The minimum Gasteiger partial charge on any atom is -0.490 e. The first-order chi connectivity index (χ1) is 20.7. The number of rotatable bonds is 9. The van der Waals surface area contributed by atoms with Crippen molar-refractivity contribution >= 4 is 40.1 Å². The van der Waals surface area contributed by atoms with E-state index < -0.39 is 5.97 Å². The maximum atomic E-state index is 14.1. The Bertz CT molecular complexity index is 1810. The number of nitrogens with one attached hydrogen (secondary N) is 2. The average molecular weight is 579 g/mol. The van der Waals surface area contributed by atoms with Crippen LogP contribution in [0.1, 0.15) is 47.1 Å². The van der Waals surface area contributed by atoms with Crippen molar-refractivity contribution in [3.05, 3.63) is 108 Å². The molecule has 4 aromatic carbocycles. The summed E-state index contributed by atoms with van der Waals surface area (Å²) in [5, 5.41) is 6.97. The highest BCUT2D eigenvalue weighted by Crippen LogP contribution is 2.36. The largest absolute Gasteiger partial charge is 0.490 e. The van der Waals surface area contributed by atoms with Crippen molar-refractivity contribution in [3.63, 3.8) is 0 Å². The van der Waals surface area contributed by atoms with Gasteiger partial charge < -0.3 is 20.1 Å². The van der Waals surface area contributed by atoms with Crippen molar-refractivity contribution in [2.75, 3.05) is 17.2 Å². The van der Waals surface area contributed by atoms with Crippen molar-refractivity contribution in [2.24, 2.45) is 0 Å². The fourth-order valence-electron chi connectivity index (χ4n) is 4.53. The maximum absolute atomic E-state index is 14.1. The number of nitrogens with zero attached hydrogens (tertiary/aromatic N) is 2. The van der Waals surface area contributed by atoms with Crippen molar-refractivity contribution in [2.45, 2.75) is 33.8 Å². The molecule has 0 saturated carbocycles. The lowest BCUT2D eigenvalue weighted by molar-refractivity contribution is 0.0526. The van der Waals surface area contributed by atoms with Gasteiger partial charge in [0.1, 0.15) is 11.6 Å². The van der Waals surface area contributed by atoms with E-state index in [-0.39, 0.29) is 24.4 Å². The van der Waals surface area contributed by atoms with Crippen LogP contribution < -0.4 is 15.4 Å². The van der Waals surface area contributed by atoms with Crippen LogP contribution in [0.2, 0.25) is 0 Å². The molecule has 1 amide bonds. The Labute approximate surface area is 248 Å². The zero-order valence-corrected chi connectivity index (χ0v) is 24.3. The number of anilines is 3. The summed E-state index contributed by atoms with van der Waals surface area (Å²) in [5.41, 5.74) is 5.09. The van der Waals surface area contributed by atoms with E-state index in [1.54, 1.807) is 49.5 Å². The van der Waals surface area contributed by atoms with Gasteiger partial charge in [-0.05, 0) is 81.8 Å². The van der Waals surface area contributed by atoms with E-state index in [0.717, 1.165) is 22.1 Å². The number of esters is 1. The topological polar surface area (TPSA) is 102 Å². The molecule has 9 heteroatoms. The van der Waals surface area contributed by atoms with Crippen LogP contribution in [-0.2, 0) is 4.74 Å². The van der Waals surface area contributed by atoms with Crippen LogP contribution in [0.15, 0.2) is 85.1 Å². The van der Waals surface area contributed by atoms with Gasteiger partial charge in [-0.2, -0.15) is 0 Å². The van der Waals surface area contributed by atoms with E-state index in [2.05, 4.69) is 15.6 Å². The fourth-order valence-corrected chi connectivity index (χ4v) is 4.53. The molecule has 0 bridgehead atoms. The SMILES string of the molecule is CCOC(=O)c1ccc(C(=O)Nc2cc(Nc3ncc4cccc(-c5ccc(F)cc5OC(C)C)c4n3)ccc2C)cc1. The van der Waals surface area contributed by atoms with Gasteiger partial charge in [-0.25, -0.2) is 19.2 Å². The summed E-state index contributed by atoms with van der Waals surface area (Å²) in [4.78, 5) is 34.2. The summed E-state index contributed by atoms with van der Waals surface area (Å²) in [7, 11) is 0. The van der Waals surface area contributed by atoms with Gasteiger partial charge in [-0.1, -0.05) is 24.3 Å². The molecule has 0 spiro atoms. The first-order valence-corrected chi connectivity index (χ1v) is 13.9. The molecule has 0 aliphatic carbocycles. The van der Waals surface area contributed by atoms with E-state index in [9.17, 15) is 14.0 Å². The third kappa shape index (κ3) is 6.78. The van der Waals surface area contributed by atoms with Gasteiger partial charge >= 0.3 is 5.97 Å². The van der Waals surface area contributed by atoms with E-state index in [1.165, 1.54) is 12.1 Å². The molecular formula is C34H31FN4O4. The summed E-state index contributed by atoms with van der Waals surface area (Å²) >= 11 is 0. The van der Waals surface area contributed by atoms with Crippen LogP contribution in [0.3, 0.4) is 0 Å². The fraction of sp³-hybridized carbons (Fsp3) is 0.176. The van der Waals surface area contributed by atoms with Gasteiger partial charge in [0.05, 0.1) is 23.8 Å². The summed E-state index contributed by atoms with van der Waals surface area (Å²) in [6.07, 6.45) is 1.58. The Hall–Kier alpha value is -5.31. The molecule has 0 unspecified atom stereocenters. The average Bonchev–Trinajstić information content (AvgIpc) is 2.98. The molecular weight excluding hydrogens is 547 g/mol. The minimum absolute atomic E-state index is 0.137. The molecule has 5 rings (SSSR count). The molecule has 0 fully saturated rings. The molecule has 43 heavy (non-hydrogen) atoms. The summed E-state index contributed by atoms with van der Waals surface area (Å²) in [6.45, 7) is 7.69. The number of carbonyl (C=O) groups excluding carboxylic acids is 2. The van der Waals surface area contributed by atoms with Gasteiger partial charge in [0.25, 0.3) is 5.91 Å². The molecule has 0 atom stereocenters. The number of fused-ring (bicyclic) bond motifs is 1. The van der Waals surface area contributed by atoms with Crippen molar-refractivity contribution < 1.29 is 23.5 Å². The quantitative estimate of drug-likeness (QED) is 0.173. The zero-order valence-electron chi connectivity index (χ0n) is 24.3. The number of benzene rings is 4. The van der Waals surface area contributed by atoms with Crippen LogP contribution in [0.4, 0.5) is 21.7 Å². The first-order valence-electron chi connectivity index (χ1n) is 13.9. The lowest BCUT2D eigenvalue weighted by Gasteiger charge is -2.16. The molecule has 1 aromatic heterocycles. The van der Waals surface area contributed by atoms with Gasteiger partial charge in [-0.15, -0.1) is 0 Å². The van der Waals surface area contributed by atoms with E-state index in [1.807, 2.05) is 51.1 Å². The van der Waals surface area contributed by atoms with Crippen molar-refractivity contribution in [1.82, 2.24) is 9.97 Å². The lowest BCUT2D eigenvalue weighted by atomic mass is 10.0. The lowest BCUT2D eigenvalue weighted by Crippen LogP contribution is -2.13. The third-order valence-electron chi connectivity index (χ3n) is 6.61. The highest BCUT2D eigenvalue weighted by molar-refractivity contribution is 6.05. The number of aromatic nitrogens is 2. The van der Waals surface area contributed by atoms with Crippen molar-refractivity contribution in [1.29, 1.82) is 0 Å². The molecule has 0 aliphatic rings. The van der Waals surface area contributed by atoms with Crippen LogP contribution in [0.5, 0.6) is 5.75 Å². The summed E-state index contributed by atoms with van der Waals surface area (Å²) in [5.74, 6) is -0.350. The number of amides is 1. The smallest absolute Gasteiger partial charge is 0.338 e. The van der Waals surface area contributed by atoms with Crippen LogP contribution in [0.25, 0.3) is 22.0 Å². The van der Waals surface area contributed by atoms with Gasteiger partial charge in [0.2, 0.25) is 5.95 Å². The van der Waals surface area contributed by atoms with Crippen LogP contribution >= 0.6 is 0 Å². The van der Waals surface area contributed by atoms with Crippen molar-refractivity contribution in [3.8, 4) is 16.9 Å². The second-order valence-corrected chi connectivity index (χ2v) is 10.2. The minimum atomic E-state index is -0.436. The third-order valence-corrected chi connectivity index (χ3v) is 6.61. The predicted octanol–water partition coefficient (Wildman–Crippen LogP) is 7.70. The van der Waals surface area contributed by atoms with Crippen LogP contribution in [-0.4, -0.2) is 34.6 Å². The monoisotopic (exact) mass is 578 g/mol. The normalized spacial score (nSPS) is 10.9. The first kappa shape index (κ1) is 29.2. The molecule has 0 aliphatic heterocycles. The number of aryl methyl sites for hydroxylation is 1. The van der Waals surface area contributed by atoms with E-state index in [4.69, 9.17) is 14.5 Å². The summed E-state index contributed by atoms with van der Waals surface area (Å²) in [6, 6.07) is 22.0. The highest BCUT2D eigenvalue weighted by atomic mass is 19.1. The second kappa shape index (κ2) is 12.7. The molecule has 218 valence electrons. The molecule has 1 heterocycles. The zero-order chi connectivity index (χ0) is 30.5. The second-order valence-electron chi connectivity index (χ2n) is 10.2.